The summed E-state index contributed by atoms with van der Waals surface area (Å²) in [5, 5.41) is 14.3. The average molecular weight is 628 g/mol. The molecule has 2 fully saturated rings. The van der Waals surface area contributed by atoms with Gasteiger partial charge in [-0.3, -0.25) is 9.36 Å². The summed E-state index contributed by atoms with van der Waals surface area (Å²) in [4.78, 5) is 12.6. The fraction of sp³-hybridized carbons (Fsp3) is 0.639. The molecule has 0 saturated heterocycles. The van der Waals surface area contributed by atoms with Crippen LogP contribution in [0.25, 0.3) is 11.1 Å². The van der Waals surface area contributed by atoms with Crippen LogP contribution in [0.4, 0.5) is 0 Å². The molecule has 0 heterocycles. The van der Waals surface area contributed by atoms with Gasteiger partial charge in [-0.25, -0.2) is 5.09 Å². The third-order valence-corrected chi connectivity index (χ3v) is 11.0. The number of aromatic hydroxyl groups is 1. The first-order valence-electron chi connectivity index (χ1n) is 16.5. The summed E-state index contributed by atoms with van der Waals surface area (Å²) in [5.41, 5.74) is 6.10. The second-order valence-electron chi connectivity index (χ2n) is 14.1. The highest BCUT2D eigenvalue weighted by atomic mass is 31.2. The molecule has 4 atom stereocenters. The first-order chi connectivity index (χ1) is 20.7. The Hall–Kier alpha value is -2.34. The molecule has 2 aliphatic rings. The van der Waals surface area contributed by atoms with Crippen molar-refractivity contribution in [2.75, 3.05) is 13.5 Å². The Morgan fingerprint density at radius 3 is 1.77 bits per heavy atom. The van der Waals surface area contributed by atoms with E-state index in [0.717, 1.165) is 46.2 Å². The van der Waals surface area contributed by atoms with Crippen molar-refractivity contribution in [2.45, 2.75) is 124 Å². The Labute approximate surface area is 265 Å². The number of carbonyl (C=O) groups excluding carboxylic acids is 1. The summed E-state index contributed by atoms with van der Waals surface area (Å²) in [6.07, 6.45) is 4.22. The minimum absolute atomic E-state index is 0.0703. The maximum atomic E-state index is 14.3. The van der Waals surface area contributed by atoms with Crippen molar-refractivity contribution in [3.63, 3.8) is 0 Å². The van der Waals surface area contributed by atoms with Crippen molar-refractivity contribution < 1.29 is 28.5 Å². The molecule has 0 radical (unpaired) electrons. The number of benzene rings is 2. The maximum Gasteiger partial charge on any atom is 0.342 e. The van der Waals surface area contributed by atoms with Gasteiger partial charge >= 0.3 is 13.5 Å². The minimum Gasteiger partial charge on any atom is -0.507 e. The van der Waals surface area contributed by atoms with Crippen LogP contribution in [0.1, 0.15) is 134 Å². The van der Waals surface area contributed by atoms with Crippen LogP contribution in [-0.2, 0) is 18.8 Å². The van der Waals surface area contributed by atoms with E-state index >= 15 is 0 Å². The Balaban J connectivity index is 1.85. The third kappa shape index (κ3) is 8.08. The van der Waals surface area contributed by atoms with E-state index in [1.54, 1.807) is 20.8 Å². The molecule has 0 amide bonds. The van der Waals surface area contributed by atoms with Crippen LogP contribution in [0, 0.1) is 11.8 Å². The van der Waals surface area contributed by atoms with Gasteiger partial charge in [0.1, 0.15) is 23.9 Å². The summed E-state index contributed by atoms with van der Waals surface area (Å²) in [6.45, 7) is 18.1. The maximum absolute atomic E-state index is 14.3. The summed E-state index contributed by atoms with van der Waals surface area (Å²) in [5.74, 6) is 2.41. The van der Waals surface area contributed by atoms with Crippen LogP contribution in [0.3, 0.4) is 0 Å². The van der Waals surface area contributed by atoms with Crippen LogP contribution in [0.15, 0.2) is 24.3 Å². The normalized spacial score (nSPS) is 18.8. The molecular weight excluding hydrogens is 573 g/mol. The first kappa shape index (κ1) is 34.5. The van der Waals surface area contributed by atoms with Crippen LogP contribution in [0.5, 0.6) is 11.5 Å². The van der Waals surface area contributed by atoms with E-state index in [4.69, 9.17) is 14.0 Å². The fourth-order valence-electron chi connectivity index (χ4n) is 6.14. The van der Waals surface area contributed by atoms with Gasteiger partial charge in [0.25, 0.3) is 0 Å². The van der Waals surface area contributed by atoms with Crippen LogP contribution >= 0.6 is 7.52 Å². The van der Waals surface area contributed by atoms with Gasteiger partial charge in [0.05, 0.1) is 6.10 Å². The molecule has 44 heavy (non-hydrogen) atoms. The van der Waals surface area contributed by atoms with Crippen molar-refractivity contribution in [1.82, 2.24) is 5.09 Å². The van der Waals surface area contributed by atoms with Gasteiger partial charge in [-0.15, -0.1) is 0 Å². The quantitative estimate of drug-likeness (QED) is 0.150. The summed E-state index contributed by atoms with van der Waals surface area (Å²) in [7, 11) is -2.20. The fourth-order valence-corrected chi connectivity index (χ4v) is 7.86. The molecule has 2 aliphatic carbocycles. The van der Waals surface area contributed by atoms with Crippen LogP contribution in [0.2, 0.25) is 0 Å². The smallest absolute Gasteiger partial charge is 0.342 e. The number of rotatable bonds is 15. The molecule has 4 rings (SSSR count). The Morgan fingerprint density at radius 2 is 1.30 bits per heavy atom. The Bertz CT molecular complexity index is 1380. The highest BCUT2D eigenvalue weighted by Gasteiger charge is 2.37. The monoisotopic (exact) mass is 627 g/mol. The predicted octanol–water partition coefficient (Wildman–Crippen LogP) is 9.44. The van der Waals surface area contributed by atoms with Crippen molar-refractivity contribution in [1.29, 1.82) is 0 Å². The number of ether oxygens (including phenoxy) is 2. The SMILES string of the molecule is COCP(=O)(N[C@@H](C)C(=O)OC(C)C)Oc1c(C(C)C)cc(-c2cc(C(C)C)c(O)c([C@H](C)C3CC3)c2)cc1[C@H](C)C1CC1. The lowest BCUT2D eigenvalue weighted by Gasteiger charge is -2.29. The first-order valence-corrected chi connectivity index (χ1v) is 18.3. The zero-order chi connectivity index (χ0) is 32.5. The molecule has 2 aromatic rings. The molecule has 244 valence electrons. The van der Waals surface area contributed by atoms with Crippen LogP contribution < -0.4 is 9.61 Å². The molecule has 8 heteroatoms. The lowest BCUT2D eigenvalue weighted by molar-refractivity contribution is -0.149. The summed E-state index contributed by atoms with van der Waals surface area (Å²) in [6, 6.07) is 7.81. The zero-order valence-electron chi connectivity index (χ0n) is 28.4. The van der Waals surface area contributed by atoms with Crippen molar-refractivity contribution in [2.24, 2.45) is 11.8 Å². The van der Waals surface area contributed by atoms with Gasteiger partial charge in [0, 0.05) is 7.11 Å². The van der Waals surface area contributed by atoms with Crippen molar-refractivity contribution in [3.05, 3.63) is 46.5 Å². The molecule has 2 aromatic carbocycles. The number of hydrogen-bond donors (Lipinski definition) is 2. The lowest BCUT2D eigenvalue weighted by Crippen LogP contribution is -2.36. The topological polar surface area (TPSA) is 94.1 Å². The largest absolute Gasteiger partial charge is 0.507 e. The predicted molar refractivity (Wildman–Crippen MR) is 178 cm³/mol. The highest BCUT2D eigenvalue weighted by molar-refractivity contribution is 7.57. The molecule has 2 saturated carbocycles. The van der Waals surface area contributed by atoms with Gasteiger partial charge < -0.3 is 19.1 Å². The third-order valence-electron chi connectivity index (χ3n) is 9.17. The van der Waals surface area contributed by atoms with Gasteiger partial charge in [-0.1, -0.05) is 41.5 Å². The molecule has 2 N–H and O–H groups in total. The second kappa shape index (κ2) is 14.0. The highest BCUT2D eigenvalue weighted by Crippen LogP contribution is 2.54. The van der Waals surface area contributed by atoms with Crippen LogP contribution in [-0.4, -0.2) is 36.7 Å². The van der Waals surface area contributed by atoms with E-state index in [1.165, 1.54) is 20.0 Å². The minimum atomic E-state index is -3.68. The van der Waals surface area contributed by atoms with Gasteiger partial charge in [-0.05, 0) is 140 Å². The zero-order valence-corrected chi connectivity index (χ0v) is 29.3. The van der Waals surface area contributed by atoms with E-state index < -0.39 is 19.5 Å². The van der Waals surface area contributed by atoms with Gasteiger partial charge in [0.15, 0.2) is 0 Å². The average Bonchev–Trinajstić information content (AvgIpc) is 3.85. The van der Waals surface area contributed by atoms with Gasteiger partial charge in [0.2, 0.25) is 0 Å². The number of nitrogens with one attached hydrogen (secondary N) is 1. The van der Waals surface area contributed by atoms with E-state index in [-0.39, 0.29) is 30.2 Å². The number of carbonyl (C=O) groups is 1. The number of phenolic OH excluding ortho intramolecular Hbond substituents is 1. The molecule has 1 unspecified atom stereocenters. The standard InChI is InChI=1S/C36H54NO6P/c1-20(2)30-15-28(17-32(34(30)38)23(7)26-11-12-26)29-16-31(21(3)4)35(33(18-29)24(8)27-13-14-27)43-44(40,19-41-10)37-25(9)36(39)42-22(5)6/h15-18,20-27,38H,11-14,19H2,1-10H3,(H,37,40)/t23-,24-,25+,44?/m1/s1. The Kier molecular flexibility index (Phi) is 11.0. The number of hydrogen-bond acceptors (Lipinski definition) is 6. The number of phenols is 1. The summed E-state index contributed by atoms with van der Waals surface area (Å²) >= 11 is 0. The molecule has 0 aromatic heterocycles. The second-order valence-corrected chi connectivity index (χ2v) is 16.1. The van der Waals surface area contributed by atoms with E-state index in [1.807, 2.05) is 0 Å². The lowest BCUT2D eigenvalue weighted by atomic mass is 9.84. The van der Waals surface area contributed by atoms with E-state index in [0.29, 0.717) is 29.3 Å². The molecular formula is C36H54NO6P. The summed E-state index contributed by atoms with van der Waals surface area (Å²) < 4.78 is 31.6. The van der Waals surface area contributed by atoms with Crippen molar-refractivity contribution >= 4 is 13.5 Å². The van der Waals surface area contributed by atoms with Gasteiger partial charge in [-0.2, -0.15) is 0 Å². The molecule has 0 spiro atoms. The molecule has 0 aliphatic heterocycles. The Morgan fingerprint density at radius 1 is 0.818 bits per heavy atom. The number of methoxy groups -OCH3 is 1. The van der Waals surface area contributed by atoms with Crippen molar-refractivity contribution in [3.8, 4) is 22.6 Å². The molecule has 7 nitrogen and oxygen atoms in total. The number of esters is 1. The van der Waals surface area contributed by atoms with E-state index in [2.05, 4.69) is 70.9 Å². The molecule has 0 bridgehead atoms. The van der Waals surface area contributed by atoms with E-state index in [9.17, 15) is 14.5 Å².